The van der Waals surface area contributed by atoms with Gasteiger partial charge in [0, 0.05) is 36.1 Å². The van der Waals surface area contributed by atoms with Gasteiger partial charge in [-0.25, -0.2) is 14.4 Å². The fraction of sp³-hybridized carbons (Fsp3) is 0.429. The topological polar surface area (TPSA) is 99.0 Å². The number of carbonyl (C=O) groups is 1. The SMILES string of the molecule is Cc1nc(N[C@H](C)c2cccc(C#N)c2C)c2cc(P3(=O)CCN(C(=O)CF)CC3)c3c(c2n1)CCC3. The highest BCUT2D eigenvalue weighted by atomic mass is 31.2. The molecule has 0 spiro atoms. The van der Waals surface area contributed by atoms with E-state index in [-0.39, 0.29) is 6.04 Å². The highest BCUT2D eigenvalue weighted by Gasteiger charge is 2.36. The Morgan fingerprint density at radius 3 is 2.65 bits per heavy atom. The van der Waals surface area contributed by atoms with Crippen molar-refractivity contribution >= 4 is 35.1 Å². The quantitative estimate of drug-likeness (QED) is 0.496. The van der Waals surface area contributed by atoms with Gasteiger partial charge in [-0.1, -0.05) is 12.1 Å². The molecule has 37 heavy (non-hydrogen) atoms. The molecule has 7 nitrogen and oxygen atoms in total. The van der Waals surface area contributed by atoms with Crippen LogP contribution >= 0.6 is 7.14 Å². The van der Waals surface area contributed by atoms with E-state index >= 15 is 0 Å². The molecule has 1 fully saturated rings. The van der Waals surface area contributed by atoms with Crippen molar-refractivity contribution in [3.8, 4) is 6.07 Å². The Morgan fingerprint density at radius 2 is 1.95 bits per heavy atom. The van der Waals surface area contributed by atoms with E-state index in [4.69, 9.17) is 9.97 Å². The Kier molecular flexibility index (Phi) is 6.76. The fourth-order valence-electron chi connectivity index (χ4n) is 5.82. The van der Waals surface area contributed by atoms with Gasteiger partial charge in [0.2, 0.25) is 0 Å². The molecule has 1 N–H and O–H groups in total. The smallest absolute Gasteiger partial charge is 0.253 e. The molecule has 1 amide bonds. The summed E-state index contributed by atoms with van der Waals surface area (Å²) >= 11 is 0. The van der Waals surface area contributed by atoms with Crippen LogP contribution in [0.4, 0.5) is 10.2 Å². The number of nitrogens with zero attached hydrogens (tertiary/aromatic N) is 4. The minimum Gasteiger partial charge on any atom is -0.363 e. The van der Waals surface area contributed by atoms with E-state index < -0.39 is 19.7 Å². The van der Waals surface area contributed by atoms with Crippen molar-refractivity contribution < 1.29 is 13.8 Å². The number of nitrogens with one attached hydrogen (secondary N) is 1. The summed E-state index contributed by atoms with van der Waals surface area (Å²) in [5, 5.41) is 14.7. The summed E-state index contributed by atoms with van der Waals surface area (Å²) in [6.07, 6.45) is 3.45. The Balaban J connectivity index is 1.58. The third-order valence-electron chi connectivity index (χ3n) is 7.84. The van der Waals surface area contributed by atoms with Crippen LogP contribution in [0.15, 0.2) is 24.3 Å². The van der Waals surface area contributed by atoms with Crippen molar-refractivity contribution in [2.45, 2.75) is 46.1 Å². The minimum absolute atomic E-state index is 0.117. The summed E-state index contributed by atoms with van der Waals surface area (Å²) < 4.78 is 27.2. The second-order valence-corrected chi connectivity index (χ2v) is 13.2. The summed E-state index contributed by atoms with van der Waals surface area (Å²) in [6, 6.07) is 9.86. The zero-order valence-corrected chi connectivity index (χ0v) is 22.4. The van der Waals surface area contributed by atoms with Gasteiger partial charge in [-0.2, -0.15) is 5.26 Å². The van der Waals surface area contributed by atoms with Crippen LogP contribution in [0.3, 0.4) is 0 Å². The molecule has 0 unspecified atom stereocenters. The second kappa shape index (κ2) is 9.87. The van der Waals surface area contributed by atoms with Crippen LogP contribution in [0.1, 0.15) is 53.0 Å². The number of hydrogen-bond acceptors (Lipinski definition) is 6. The zero-order valence-electron chi connectivity index (χ0n) is 21.5. The molecule has 192 valence electrons. The first kappa shape index (κ1) is 25.4. The summed E-state index contributed by atoms with van der Waals surface area (Å²) in [5.41, 5.74) is 5.78. The summed E-state index contributed by atoms with van der Waals surface area (Å²) in [7, 11) is -2.78. The zero-order chi connectivity index (χ0) is 26.3. The lowest BCUT2D eigenvalue weighted by molar-refractivity contribution is -0.131. The molecule has 0 radical (unpaired) electrons. The molecule has 3 aromatic rings. The van der Waals surface area contributed by atoms with Gasteiger partial charge >= 0.3 is 0 Å². The van der Waals surface area contributed by atoms with Gasteiger partial charge in [0.15, 0.2) is 6.67 Å². The molecular weight excluding hydrogens is 488 g/mol. The number of fused-ring (bicyclic) bond motifs is 3. The molecule has 1 aliphatic carbocycles. The maximum absolute atomic E-state index is 14.3. The van der Waals surface area contributed by atoms with Gasteiger partial charge in [-0.05, 0) is 74.4 Å². The summed E-state index contributed by atoms with van der Waals surface area (Å²) in [4.78, 5) is 22.9. The van der Waals surface area contributed by atoms with Gasteiger partial charge < -0.3 is 14.8 Å². The van der Waals surface area contributed by atoms with Crippen LogP contribution in [0.25, 0.3) is 10.9 Å². The molecule has 9 heteroatoms. The van der Waals surface area contributed by atoms with Gasteiger partial charge in [-0.15, -0.1) is 0 Å². The Hall–Kier alpha value is -3.30. The molecule has 1 aromatic heterocycles. The summed E-state index contributed by atoms with van der Waals surface area (Å²) in [6.45, 7) is 5.48. The number of carbonyl (C=O) groups excluding carboxylic acids is 1. The van der Waals surface area contributed by atoms with E-state index in [2.05, 4.69) is 11.4 Å². The Morgan fingerprint density at radius 1 is 1.22 bits per heavy atom. The van der Waals surface area contributed by atoms with E-state index in [9.17, 15) is 19.0 Å². The lowest BCUT2D eigenvalue weighted by atomic mass is 9.98. The standard InChI is InChI=1S/C28H31FN5O2P/c1-17-20(16-30)6-4-7-21(17)18(2)31-28-24-14-25(37(36)12-10-34(11-13-37)26(35)15-29)22-8-5-9-23(22)27(24)32-19(3)33-28/h4,6-7,14,18H,5,8-13,15H2,1-3H3,(H,31,32,33)/t18-/m1/s1. The normalized spacial score (nSPS) is 17.3. The molecule has 2 heterocycles. The molecular formula is C28H31FN5O2P. The molecule has 5 rings (SSSR count). The molecule has 1 aliphatic heterocycles. The largest absolute Gasteiger partial charge is 0.363 e. The number of benzene rings is 2. The van der Waals surface area contributed by atoms with Crippen molar-refractivity contribution in [1.82, 2.24) is 14.9 Å². The Bertz CT molecular complexity index is 1490. The summed E-state index contributed by atoms with van der Waals surface area (Å²) in [5.74, 6) is 0.817. The number of aromatic nitrogens is 2. The maximum Gasteiger partial charge on any atom is 0.253 e. The van der Waals surface area contributed by atoms with Crippen LogP contribution in [-0.4, -0.2) is 52.9 Å². The highest BCUT2D eigenvalue weighted by Crippen LogP contribution is 2.50. The number of halogens is 1. The number of anilines is 1. The van der Waals surface area contributed by atoms with Crippen LogP contribution in [0.5, 0.6) is 0 Å². The van der Waals surface area contributed by atoms with Gasteiger partial charge in [0.1, 0.15) is 18.8 Å². The van der Waals surface area contributed by atoms with E-state index in [1.54, 1.807) is 0 Å². The lowest BCUT2D eigenvalue weighted by Crippen LogP contribution is -2.42. The number of alkyl halides is 1. The highest BCUT2D eigenvalue weighted by molar-refractivity contribution is 7.71. The monoisotopic (exact) mass is 519 g/mol. The third-order valence-corrected chi connectivity index (χ3v) is 11.0. The van der Waals surface area contributed by atoms with E-state index in [0.717, 1.165) is 57.7 Å². The lowest BCUT2D eigenvalue weighted by Gasteiger charge is -2.33. The van der Waals surface area contributed by atoms with Gasteiger partial charge in [0.05, 0.1) is 23.2 Å². The molecule has 2 aliphatic rings. The number of aryl methyl sites for hydroxylation is 2. The number of rotatable bonds is 5. The molecule has 1 saturated heterocycles. The van der Waals surface area contributed by atoms with E-state index in [0.29, 0.717) is 42.6 Å². The fourth-order valence-corrected chi connectivity index (χ4v) is 8.76. The molecule has 2 aromatic carbocycles. The van der Waals surface area contributed by atoms with E-state index in [1.165, 1.54) is 4.90 Å². The first-order valence-corrected chi connectivity index (χ1v) is 14.8. The van der Waals surface area contributed by atoms with Crippen LogP contribution in [0, 0.1) is 25.2 Å². The first-order chi connectivity index (χ1) is 17.8. The Labute approximate surface area is 216 Å². The van der Waals surface area contributed by atoms with Crippen molar-refractivity contribution in [2.24, 2.45) is 0 Å². The number of hydrogen-bond donors (Lipinski definition) is 1. The average Bonchev–Trinajstić information content (AvgIpc) is 3.38. The van der Waals surface area contributed by atoms with E-state index in [1.807, 2.05) is 45.0 Å². The third kappa shape index (κ3) is 4.51. The average molecular weight is 520 g/mol. The number of nitriles is 1. The van der Waals surface area contributed by atoms with Gasteiger partial charge in [0.25, 0.3) is 5.91 Å². The van der Waals surface area contributed by atoms with Crippen LogP contribution < -0.4 is 10.6 Å². The van der Waals surface area contributed by atoms with Crippen molar-refractivity contribution in [3.05, 3.63) is 57.9 Å². The predicted octanol–water partition coefficient (Wildman–Crippen LogP) is 4.58. The molecule has 0 saturated carbocycles. The predicted molar refractivity (Wildman–Crippen MR) is 144 cm³/mol. The first-order valence-electron chi connectivity index (χ1n) is 12.8. The van der Waals surface area contributed by atoms with Crippen molar-refractivity contribution in [3.63, 3.8) is 0 Å². The minimum atomic E-state index is -2.78. The number of amides is 1. The molecule has 1 atom stereocenters. The van der Waals surface area contributed by atoms with Crippen molar-refractivity contribution in [2.75, 3.05) is 37.4 Å². The van der Waals surface area contributed by atoms with Crippen molar-refractivity contribution in [1.29, 1.82) is 5.26 Å². The van der Waals surface area contributed by atoms with Crippen LogP contribution in [0.2, 0.25) is 0 Å². The second-order valence-electron chi connectivity index (χ2n) is 10.1. The van der Waals surface area contributed by atoms with Crippen LogP contribution in [-0.2, 0) is 22.2 Å². The van der Waals surface area contributed by atoms with Gasteiger partial charge in [-0.3, -0.25) is 4.79 Å². The maximum atomic E-state index is 14.3. The molecule has 0 bridgehead atoms.